The molecule has 0 bridgehead atoms. The summed E-state index contributed by atoms with van der Waals surface area (Å²) in [6, 6.07) is 4.20. The number of imidazole rings is 1. The predicted molar refractivity (Wildman–Crippen MR) is 52.4 cm³/mol. The van der Waals surface area contributed by atoms with Crippen molar-refractivity contribution in [3.05, 3.63) is 34.3 Å². The molecule has 0 aromatic carbocycles. The lowest BCUT2D eigenvalue weighted by Gasteiger charge is -1.96. The highest BCUT2D eigenvalue weighted by Gasteiger charge is 2.03. The minimum atomic E-state index is 0.870. The lowest BCUT2D eigenvalue weighted by atomic mass is 10.2. The molecule has 0 saturated heterocycles. The van der Waals surface area contributed by atoms with Gasteiger partial charge in [-0.2, -0.15) is 0 Å². The van der Waals surface area contributed by atoms with Crippen LogP contribution in [0.3, 0.4) is 0 Å². The molecule has 0 unspecified atom stereocenters. The van der Waals surface area contributed by atoms with Crippen LogP contribution in [0.2, 0.25) is 0 Å². The molecule has 0 N–H and O–H groups in total. The Morgan fingerprint density at radius 3 is 2.92 bits per heavy atom. The molecule has 0 aliphatic heterocycles. The maximum Gasteiger partial charge on any atom is 0.181 e. The fourth-order valence-electron chi connectivity index (χ4n) is 1.29. The fraction of sp³-hybridized carbons (Fsp3) is 0.222. The Labute approximate surface area is 79.4 Å². The van der Waals surface area contributed by atoms with E-state index in [1.807, 2.05) is 17.5 Å². The number of aromatic nitrogens is 2. The number of nitrogens with zero attached hydrogens (tertiary/aromatic N) is 2. The summed E-state index contributed by atoms with van der Waals surface area (Å²) in [6.45, 7) is 4.10. The third kappa shape index (κ3) is 1.05. The second-order valence-corrected chi connectivity index (χ2v) is 3.63. The Morgan fingerprint density at radius 1 is 1.42 bits per heavy atom. The average Bonchev–Trinajstić information content (AvgIpc) is 2.28. The van der Waals surface area contributed by atoms with Crippen LogP contribution in [0.1, 0.15) is 11.3 Å². The molecule has 0 aliphatic rings. The van der Waals surface area contributed by atoms with Gasteiger partial charge in [-0.05, 0) is 47.5 Å². The molecule has 0 atom stereocenters. The zero-order chi connectivity index (χ0) is 8.72. The minimum absolute atomic E-state index is 0.870. The molecule has 2 aromatic rings. The number of fused-ring (bicyclic) bond motifs is 1. The van der Waals surface area contributed by atoms with Gasteiger partial charge in [0.1, 0.15) is 0 Å². The smallest absolute Gasteiger partial charge is 0.181 e. The molecule has 0 fully saturated rings. The Morgan fingerprint density at radius 2 is 2.17 bits per heavy atom. The normalized spacial score (nSPS) is 10.9. The van der Waals surface area contributed by atoms with E-state index in [1.54, 1.807) is 0 Å². The van der Waals surface area contributed by atoms with Gasteiger partial charge in [-0.1, -0.05) is 0 Å². The van der Waals surface area contributed by atoms with Crippen LogP contribution in [-0.2, 0) is 0 Å². The average molecular weight is 225 g/mol. The van der Waals surface area contributed by atoms with Crippen LogP contribution in [-0.4, -0.2) is 9.38 Å². The van der Waals surface area contributed by atoms with E-state index in [1.165, 1.54) is 11.1 Å². The quantitative estimate of drug-likeness (QED) is 0.673. The molecule has 0 radical (unpaired) electrons. The van der Waals surface area contributed by atoms with Crippen LogP contribution >= 0.6 is 15.9 Å². The number of aryl methyl sites for hydroxylation is 2. The first-order valence-corrected chi connectivity index (χ1v) is 4.58. The summed E-state index contributed by atoms with van der Waals surface area (Å²) in [4.78, 5) is 4.31. The molecular formula is C9H9BrN2. The fourth-order valence-corrected chi connectivity index (χ4v) is 1.87. The van der Waals surface area contributed by atoms with E-state index >= 15 is 0 Å². The molecule has 62 valence electrons. The van der Waals surface area contributed by atoms with E-state index in [-0.39, 0.29) is 0 Å². The first kappa shape index (κ1) is 7.80. The SMILES string of the molecule is Cc1ccn2c(Br)nc(C)c2c1. The van der Waals surface area contributed by atoms with Crippen molar-refractivity contribution >= 4 is 21.4 Å². The van der Waals surface area contributed by atoms with Gasteiger partial charge in [-0.15, -0.1) is 0 Å². The molecule has 0 amide bonds. The van der Waals surface area contributed by atoms with E-state index in [0.717, 1.165) is 10.4 Å². The zero-order valence-corrected chi connectivity index (χ0v) is 8.59. The van der Waals surface area contributed by atoms with Gasteiger partial charge in [0.15, 0.2) is 4.73 Å². The highest BCUT2D eigenvalue weighted by Crippen LogP contribution is 2.17. The van der Waals surface area contributed by atoms with Gasteiger partial charge in [0.05, 0.1) is 11.2 Å². The Bertz CT molecular complexity index is 431. The van der Waals surface area contributed by atoms with E-state index in [0.29, 0.717) is 0 Å². The minimum Gasteiger partial charge on any atom is -0.294 e. The van der Waals surface area contributed by atoms with Crippen LogP contribution in [0.5, 0.6) is 0 Å². The standard InChI is InChI=1S/C9H9BrN2/c1-6-3-4-12-8(5-6)7(2)11-9(12)10/h3-5H,1-2H3. The highest BCUT2D eigenvalue weighted by molar-refractivity contribution is 9.10. The van der Waals surface area contributed by atoms with Gasteiger partial charge in [0.2, 0.25) is 0 Å². The summed E-state index contributed by atoms with van der Waals surface area (Å²) >= 11 is 3.39. The van der Waals surface area contributed by atoms with E-state index < -0.39 is 0 Å². The van der Waals surface area contributed by atoms with Crippen LogP contribution in [0.15, 0.2) is 23.1 Å². The van der Waals surface area contributed by atoms with Crippen LogP contribution in [0.4, 0.5) is 0 Å². The van der Waals surface area contributed by atoms with Crippen LogP contribution in [0, 0.1) is 13.8 Å². The van der Waals surface area contributed by atoms with Gasteiger partial charge in [-0.25, -0.2) is 4.98 Å². The van der Waals surface area contributed by atoms with Gasteiger partial charge in [0, 0.05) is 6.20 Å². The summed E-state index contributed by atoms with van der Waals surface area (Å²) in [5, 5.41) is 0. The van der Waals surface area contributed by atoms with Gasteiger partial charge in [0.25, 0.3) is 0 Å². The van der Waals surface area contributed by atoms with Crippen LogP contribution in [0.25, 0.3) is 5.52 Å². The summed E-state index contributed by atoms with van der Waals surface area (Å²) in [5.41, 5.74) is 3.49. The van der Waals surface area contributed by atoms with Crippen molar-refractivity contribution < 1.29 is 0 Å². The molecule has 2 nitrogen and oxygen atoms in total. The van der Waals surface area contributed by atoms with Crippen molar-refractivity contribution in [2.45, 2.75) is 13.8 Å². The van der Waals surface area contributed by atoms with Gasteiger partial charge < -0.3 is 0 Å². The number of hydrogen-bond donors (Lipinski definition) is 0. The van der Waals surface area contributed by atoms with E-state index in [2.05, 4.69) is 40.0 Å². The van der Waals surface area contributed by atoms with E-state index in [9.17, 15) is 0 Å². The number of halogens is 1. The molecule has 0 spiro atoms. The maximum absolute atomic E-state index is 4.31. The highest BCUT2D eigenvalue weighted by atomic mass is 79.9. The second kappa shape index (κ2) is 2.59. The molecule has 2 rings (SSSR count). The van der Waals surface area contributed by atoms with Crippen molar-refractivity contribution in [3.8, 4) is 0 Å². The zero-order valence-electron chi connectivity index (χ0n) is 7.00. The molecule has 2 aromatic heterocycles. The Kier molecular flexibility index (Phi) is 1.68. The maximum atomic E-state index is 4.31. The van der Waals surface area contributed by atoms with Crippen LogP contribution < -0.4 is 0 Å². The summed E-state index contributed by atoms with van der Waals surface area (Å²) in [7, 11) is 0. The van der Waals surface area contributed by atoms with Crippen molar-refractivity contribution in [1.29, 1.82) is 0 Å². The number of pyridine rings is 1. The lowest BCUT2D eigenvalue weighted by molar-refractivity contribution is 1.09. The Balaban J connectivity index is 2.90. The lowest BCUT2D eigenvalue weighted by Crippen LogP contribution is -1.84. The molecule has 0 aliphatic carbocycles. The number of rotatable bonds is 0. The molecule has 12 heavy (non-hydrogen) atoms. The largest absolute Gasteiger partial charge is 0.294 e. The number of hydrogen-bond acceptors (Lipinski definition) is 1. The molecule has 0 saturated carbocycles. The van der Waals surface area contributed by atoms with Crippen molar-refractivity contribution in [2.24, 2.45) is 0 Å². The first-order valence-electron chi connectivity index (χ1n) is 3.79. The molecule has 2 heterocycles. The van der Waals surface area contributed by atoms with Crippen molar-refractivity contribution in [2.75, 3.05) is 0 Å². The topological polar surface area (TPSA) is 17.3 Å². The summed E-state index contributed by atoms with van der Waals surface area (Å²) < 4.78 is 2.90. The molecule has 3 heteroatoms. The monoisotopic (exact) mass is 224 g/mol. The van der Waals surface area contributed by atoms with Gasteiger partial charge >= 0.3 is 0 Å². The Hall–Kier alpha value is -0.830. The summed E-state index contributed by atoms with van der Waals surface area (Å²) in [5.74, 6) is 0. The third-order valence-electron chi connectivity index (χ3n) is 1.94. The second-order valence-electron chi connectivity index (χ2n) is 2.93. The van der Waals surface area contributed by atoms with Gasteiger partial charge in [-0.3, -0.25) is 4.40 Å². The molecular weight excluding hydrogens is 216 g/mol. The van der Waals surface area contributed by atoms with Crippen molar-refractivity contribution in [3.63, 3.8) is 0 Å². The summed E-state index contributed by atoms with van der Waals surface area (Å²) in [6.07, 6.45) is 2.02. The van der Waals surface area contributed by atoms with E-state index in [4.69, 9.17) is 0 Å². The first-order chi connectivity index (χ1) is 5.68. The third-order valence-corrected chi connectivity index (χ3v) is 2.50. The predicted octanol–water partition coefficient (Wildman–Crippen LogP) is 2.71. The van der Waals surface area contributed by atoms with Crippen molar-refractivity contribution in [1.82, 2.24) is 9.38 Å².